The van der Waals surface area contributed by atoms with Crippen LogP contribution in [0.2, 0.25) is 0 Å². The summed E-state index contributed by atoms with van der Waals surface area (Å²) in [4.78, 5) is 17.6. The summed E-state index contributed by atoms with van der Waals surface area (Å²) in [5.41, 5.74) is 1.15. The number of aryl methyl sites for hydroxylation is 1. The van der Waals surface area contributed by atoms with Crippen molar-refractivity contribution in [2.45, 2.75) is 32.6 Å². The van der Waals surface area contributed by atoms with Crippen LogP contribution in [0.1, 0.15) is 31.7 Å². The third-order valence-corrected chi connectivity index (χ3v) is 3.00. The largest absolute Gasteiger partial charge is 0.357 e. The van der Waals surface area contributed by atoms with Crippen LogP contribution in [0.4, 0.5) is 5.82 Å². The highest BCUT2D eigenvalue weighted by atomic mass is 16.1. The number of rotatable bonds is 4. The van der Waals surface area contributed by atoms with Crippen LogP contribution in [0.3, 0.4) is 0 Å². The smallest absolute Gasteiger partial charge is 0.130 e. The summed E-state index contributed by atoms with van der Waals surface area (Å²) < 4.78 is 0. The Morgan fingerprint density at radius 1 is 1.38 bits per heavy atom. The number of carbonyl (C=O) groups is 1. The standard InChI is InChI=1S/C13H18N2O/c1-11(16)4-5-12-6-7-13(14-10-12)15-8-2-3-9-15/h6-7,10H,2-5,8-9H2,1H3. The average Bonchev–Trinajstić information content (AvgIpc) is 2.80. The highest BCUT2D eigenvalue weighted by molar-refractivity contribution is 5.75. The highest BCUT2D eigenvalue weighted by Gasteiger charge is 2.12. The molecule has 0 spiro atoms. The number of anilines is 1. The minimum absolute atomic E-state index is 0.239. The first-order valence-electron chi connectivity index (χ1n) is 5.95. The van der Waals surface area contributed by atoms with Crippen LogP contribution >= 0.6 is 0 Å². The van der Waals surface area contributed by atoms with Crippen LogP contribution in [0, 0.1) is 0 Å². The van der Waals surface area contributed by atoms with E-state index in [1.807, 2.05) is 6.20 Å². The topological polar surface area (TPSA) is 33.2 Å². The van der Waals surface area contributed by atoms with Gasteiger partial charge in [-0.25, -0.2) is 4.98 Å². The van der Waals surface area contributed by atoms with Gasteiger partial charge in [-0.05, 0) is 37.8 Å². The predicted octanol–water partition coefficient (Wildman–Crippen LogP) is 2.20. The molecule has 1 aromatic heterocycles. The Kier molecular flexibility index (Phi) is 3.54. The number of carbonyl (C=O) groups excluding carboxylic acids is 1. The molecule has 0 atom stereocenters. The molecule has 2 rings (SSSR count). The molecule has 0 aromatic carbocycles. The lowest BCUT2D eigenvalue weighted by atomic mass is 10.1. The second-order valence-electron chi connectivity index (χ2n) is 4.42. The third-order valence-electron chi connectivity index (χ3n) is 3.00. The van der Waals surface area contributed by atoms with E-state index in [1.54, 1.807) is 6.92 Å². The van der Waals surface area contributed by atoms with Gasteiger partial charge in [0.25, 0.3) is 0 Å². The Labute approximate surface area is 96.5 Å². The first kappa shape index (κ1) is 11.1. The van der Waals surface area contributed by atoms with Crippen LogP contribution in [-0.2, 0) is 11.2 Å². The molecule has 1 aromatic rings. The maximum atomic E-state index is 10.9. The minimum Gasteiger partial charge on any atom is -0.357 e. The molecule has 0 aliphatic carbocycles. The summed E-state index contributed by atoms with van der Waals surface area (Å²) >= 11 is 0. The van der Waals surface area contributed by atoms with E-state index in [4.69, 9.17) is 0 Å². The summed E-state index contributed by atoms with van der Waals surface area (Å²) in [6.45, 7) is 3.88. The van der Waals surface area contributed by atoms with Crippen LogP contribution in [0.25, 0.3) is 0 Å². The molecule has 0 saturated carbocycles. The van der Waals surface area contributed by atoms with E-state index in [0.29, 0.717) is 6.42 Å². The van der Waals surface area contributed by atoms with Gasteiger partial charge < -0.3 is 9.69 Å². The number of hydrogen-bond acceptors (Lipinski definition) is 3. The summed E-state index contributed by atoms with van der Waals surface area (Å²) in [5.74, 6) is 1.31. The van der Waals surface area contributed by atoms with Crippen molar-refractivity contribution in [1.82, 2.24) is 4.98 Å². The van der Waals surface area contributed by atoms with E-state index in [-0.39, 0.29) is 5.78 Å². The molecule has 0 N–H and O–H groups in total. The van der Waals surface area contributed by atoms with E-state index >= 15 is 0 Å². The van der Waals surface area contributed by atoms with Gasteiger partial charge in [-0.2, -0.15) is 0 Å². The van der Waals surface area contributed by atoms with Crippen molar-refractivity contribution in [2.24, 2.45) is 0 Å². The number of ketones is 1. The molecule has 0 amide bonds. The van der Waals surface area contributed by atoms with Gasteiger partial charge in [0.15, 0.2) is 0 Å². The molecule has 1 aliphatic rings. The second kappa shape index (κ2) is 5.10. The van der Waals surface area contributed by atoms with E-state index in [9.17, 15) is 4.79 Å². The highest BCUT2D eigenvalue weighted by Crippen LogP contribution is 2.17. The van der Waals surface area contributed by atoms with E-state index in [2.05, 4.69) is 22.0 Å². The molecular weight excluding hydrogens is 200 g/mol. The van der Waals surface area contributed by atoms with Crippen molar-refractivity contribution in [1.29, 1.82) is 0 Å². The van der Waals surface area contributed by atoms with Crippen LogP contribution in [-0.4, -0.2) is 23.9 Å². The first-order chi connectivity index (χ1) is 7.75. The number of aromatic nitrogens is 1. The maximum absolute atomic E-state index is 10.9. The van der Waals surface area contributed by atoms with Crippen molar-refractivity contribution < 1.29 is 4.79 Å². The van der Waals surface area contributed by atoms with Crippen molar-refractivity contribution in [3.63, 3.8) is 0 Å². The molecule has 1 fully saturated rings. The number of hydrogen-bond donors (Lipinski definition) is 0. The van der Waals surface area contributed by atoms with E-state index in [1.165, 1.54) is 12.8 Å². The van der Waals surface area contributed by atoms with Crippen LogP contribution in [0.15, 0.2) is 18.3 Å². The second-order valence-corrected chi connectivity index (χ2v) is 4.42. The molecule has 2 heterocycles. The number of Topliss-reactive ketones (excluding diaryl/α,β-unsaturated/α-hetero) is 1. The van der Waals surface area contributed by atoms with Gasteiger partial charge in [0.1, 0.15) is 11.6 Å². The van der Waals surface area contributed by atoms with Gasteiger partial charge >= 0.3 is 0 Å². The fraction of sp³-hybridized carbons (Fsp3) is 0.538. The van der Waals surface area contributed by atoms with Crippen molar-refractivity contribution in [3.8, 4) is 0 Å². The molecule has 1 aliphatic heterocycles. The first-order valence-corrected chi connectivity index (χ1v) is 5.95. The lowest BCUT2D eigenvalue weighted by Crippen LogP contribution is -2.18. The lowest BCUT2D eigenvalue weighted by Gasteiger charge is -2.16. The van der Waals surface area contributed by atoms with E-state index < -0.39 is 0 Å². The number of pyridine rings is 1. The predicted molar refractivity (Wildman–Crippen MR) is 64.7 cm³/mol. The maximum Gasteiger partial charge on any atom is 0.130 e. The fourth-order valence-electron chi connectivity index (χ4n) is 2.02. The van der Waals surface area contributed by atoms with Crippen molar-refractivity contribution in [2.75, 3.05) is 18.0 Å². The zero-order chi connectivity index (χ0) is 11.4. The lowest BCUT2D eigenvalue weighted by molar-refractivity contribution is -0.116. The Balaban J connectivity index is 1.95. The molecular formula is C13H18N2O. The van der Waals surface area contributed by atoms with Gasteiger partial charge in [0, 0.05) is 25.7 Å². The minimum atomic E-state index is 0.239. The summed E-state index contributed by atoms with van der Waals surface area (Å²) in [5, 5.41) is 0. The molecule has 86 valence electrons. The van der Waals surface area contributed by atoms with E-state index in [0.717, 1.165) is 30.9 Å². The Bertz CT molecular complexity index is 353. The van der Waals surface area contributed by atoms with Gasteiger partial charge in [0.2, 0.25) is 0 Å². The average molecular weight is 218 g/mol. The molecule has 0 unspecified atom stereocenters. The van der Waals surface area contributed by atoms with Gasteiger partial charge in [0.05, 0.1) is 0 Å². The molecule has 16 heavy (non-hydrogen) atoms. The zero-order valence-electron chi connectivity index (χ0n) is 9.78. The Morgan fingerprint density at radius 2 is 2.12 bits per heavy atom. The van der Waals surface area contributed by atoms with Crippen molar-refractivity contribution in [3.05, 3.63) is 23.9 Å². The normalized spacial score (nSPS) is 15.4. The SMILES string of the molecule is CC(=O)CCc1ccc(N2CCCC2)nc1. The Hall–Kier alpha value is -1.38. The number of nitrogens with zero attached hydrogens (tertiary/aromatic N) is 2. The van der Waals surface area contributed by atoms with Crippen LogP contribution in [0.5, 0.6) is 0 Å². The monoisotopic (exact) mass is 218 g/mol. The summed E-state index contributed by atoms with van der Waals surface area (Å²) in [7, 11) is 0. The Morgan fingerprint density at radius 3 is 2.69 bits per heavy atom. The van der Waals surface area contributed by atoms with Crippen LogP contribution < -0.4 is 4.90 Å². The zero-order valence-corrected chi connectivity index (χ0v) is 9.78. The quantitative estimate of drug-likeness (QED) is 0.776. The molecule has 3 heteroatoms. The van der Waals surface area contributed by atoms with Gasteiger partial charge in [-0.15, -0.1) is 0 Å². The van der Waals surface area contributed by atoms with Crippen molar-refractivity contribution >= 4 is 11.6 Å². The van der Waals surface area contributed by atoms with Gasteiger partial charge in [-0.3, -0.25) is 0 Å². The molecule has 3 nitrogen and oxygen atoms in total. The molecule has 1 saturated heterocycles. The summed E-state index contributed by atoms with van der Waals surface area (Å²) in [6, 6.07) is 4.16. The van der Waals surface area contributed by atoms with Gasteiger partial charge in [-0.1, -0.05) is 6.07 Å². The molecule has 0 radical (unpaired) electrons. The third kappa shape index (κ3) is 2.81. The fourth-order valence-corrected chi connectivity index (χ4v) is 2.02. The summed E-state index contributed by atoms with van der Waals surface area (Å²) in [6.07, 6.45) is 5.87. The molecule has 0 bridgehead atoms.